The molecule has 0 saturated heterocycles. The highest BCUT2D eigenvalue weighted by Crippen LogP contribution is 2.29. The SMILES string of the molecule is CCNc1nc(-c2cc(F)ccc2Br)ncc1Br. The van der Waals surface area contributed by atoms with E-state index >= 15 is 0 Å². The minimum atomic E-state index is -0.315. The van der Waals surface area contributed by atoms with Gasteiger partial charge in [-0.05, 0) is 41.1 Å². The van der Waals surface area contributed by atoms with Crippen LogP contribution in [0.1, 0.15) is 6.92 Å². The lowest BCUT2D eigenvalue weighted by Crippen LogP contribution is -2.02. The molecule has 0 spiro atoms. The fourth-order valence-corrected chi connectivity index (χ4v) is 2.21. The second-order valence-corrected chi connectivity index (χ2v) is 5.25. The molecule has 94 valence electrons. The van der Waals surface area contributed by atoms with Crippen molar-refractivity contribution < 1.29 is 4.39 Å². The smallest absolute Gasteiger partial charge is 0.162 e. The molecule has 0 fully saturated rings. The molecule has 0 atom stereocenters. The third-order valence-corrected chi connectivity index (χ3v) is 3.53. The summed E-state index contributed by atoms with van der Waals surface area (Å²) in [5.41, 5.74) is 0.627. The first-order chi connectivity index (χ1) is 8.61. The van der Waals surface area contributed by atoms with Crippen LogP contribution in [0.25, 0.3) is 11.4 Å². The minimum absolute atomic E-state index is 0.315. The van der Waals surface area contributed by atoms with Gasteiger partial charge >= 0.3 is 0 Å². The minimum Gasteiger partial charge on any atom is -0.369 e. The van der Waals surface area contributed by atoms with E-state index in [0.717, 1.165) is 15.5 Å². The van der Waals surface area contributed by atoms with E-state index in [4.69, 9.17) is 0 Å². The number of hydrogen-bond acceptors (Lipinski definition) is 3. The third-order valence-electron chi connectivity index (χ3n) is 2.26. The summed E-state index contributed by atoms with van der Waals surface area (Å²) in [6.45, 7) is 2.73. The normalized spacial score (nSPS) is 10.4. The molecule has 1 aromatic heterocycles. The lowest BCUT2D eigenvalue weighted by molar-refractivity contribution is 0.628. The molecule has 1 N–H and O–H groups in total. The Labute approximate surface area is 121 Å². The average molecular weight is 375 g/mol. The highest BCUT2D eigenvalue weighted by Gasteiger charge is 2.10. The van der Waals surface area contributed by atoms with Crippen LogP contribution >= 0.6 is 31.9 Å². The van der Waals surface area contributed by atoms with Gasteiger partial charge in [-0.3, -0.25) is 0 Å². The number of benzene rings is 1. The molecule has 0 aliphatic heterocycles. The van der Waals surface area contributed by atoms with Gasteiger partial charge in [0.1, 0.15) is 11.6 Å². The third kappa shape index (κ3) is 2.87. The lowest BCUT2D eigenvalue weighted by Gasteiger charge is -2.08. The highest BCUT2D eigenvalue weighted by atomic mass is 79.9. The Morgan fingerprint density at radius 1 is 1.28 bits per heavy atom. The molecule has 18 heavy (non-hydrogen) atoms. The average Bonchev–Trinajstić information content (AvgIpc) is 2.35. The van der Waals surface area contributed by atoms with Gasteiger partial charge in [-0.25, -0.2) is 14.4 Å². The van der Waals surface area contributed by atoms with Gasteiger partial charge in [0, 0.05) is 22.8 Å². The Bertz CT molecular complexity index is 575. The van der Waals surface area contributed by atoms with E-state index in [-0.39, 0.29) is 5.82 Å². The van der Waals surface area contributed by atoms with E-state index in [1.165, 1.54) is 12.1 Å². The van der Waals surface area contributed by atoms with Gasteiger partial charge in [0.2, 0.25) is 0 Å². The monoisotopic (exact) mass is 373 g/mol. The van der Waals surface area contributed by atoms with Crippen molar-refractivity contribution in [2.24, 2.45) is 0 Å². The first kappa shape index (κ1) is 13.4. The number of aromatic nitrogens is 2. The Morgan fingerprint density at radius 3 is 2.78 bits per heavy atom. The second kappa shape index (κ2) is 5.75. The Morgan fingerprint density at radius 2 is 2.06 bits per heavy atom. The second-order valence-electron chi connectivity index (χ2n) is 3.54. The Balaban J connectivity index is 2.50. The largest absolute Gasteiger partial charge is 0.369 e. The predicted molar refractivity (Wildman–Crippen MR) is 77.0 cm³/mol. The summed E-state index contributed by atoms with van der Waals surface area (Å²) >= 11 is 6.73. The quantitative estimate of drug-likeness (QED) is 0.873. The predicted octanol–water partition coefficient (Wildman–Crippen LogP) is 4.24. The number of halogens is 3. The molecular weight excluding hydrogens is 365 g/mol. The van der Waals surface area contributed by atoms with Crippen LogP contribution < -0.4 is 5.32 Å². The van der Waals surface area contributed by atoms with Crippen molar-refractivity contribution in [1.29, 1.82) is 0 Å². The van der Waals surface area contributed by atoms with Crippen LogP contribution in [-0.2, 0) is 0 Å². The van der Waals surface area contributed by atoms with Crippen LogP contribution in [-0.4, -0.2) is 16.5 Å². The maximum Gasteiger partial charge on any atom is 0.162 e. The van der Waals surface area contributed by atoms with E-state index in [2.05, 4.69) is 47.1 Å². The van der Waals surface area contributed by atoms with Crippen molar-refractivity contribution in [3.63, 3.8) is 0 Å². The van der Waals surface area contributed by atoms with Crippen LogP contribution in [0.2, 0.25) is 0 Å². The molecule has 0 aliphatic rings. The van der Waals surface area contributed by atoms with Crippen LogP contribution in [0.15, 0.2) is 33.3 Å². The number of hydrogen-bond donors (Lipinski definition) is 1. The summed E-state index contributed by atoms with van der Waals surface area (Å²) in [5.74, 6) is 0.851. The van der Waals surface area contributed by atoms with Gasteiger partial charge < -0.3 is 5.32 Å². The van der Waals surface area contributed by atoms with Gasteiger partial charge in [-0.15, -0.1) is 0 Å². The summed E-state index contributed by atoms with van der Waals surface area (Å²) in [7, 11) is 0. The zero-order valence-electron chi connectivity index (χ0n) is 9.54. The van der Waals surface area contributed by atoms with Gasteiger partial charge in [0.25, 0.3) is 0 Å². The molecule has 0 aliphatic carbocycles. The molecule has 1 aromatic carbocycles. The van der Waals surface area contributed by atoms with Crippen LogP contribution in [0.4, 0.5) is 10.2 Å². The molecular formula is C12H10Br2FN3. The van der Waals surface area contributed by atoms with Gasteiger partial charge in [-0.2, -0.15) is 0 Å². The molecule has 1 heterocycles. The van der Waals surface area contributed by atoms with Gasteiger partial charge in [0.05, 0.1) is 4.47 Å². The molecule has 6 heteroatoms. The Kier molecular flexibility index (Phi) is 4.29. The van der Waals surface area contributed by atoms with E-state index < -0.39 is 0 Å². The van der Waals surface area contributed by atoms with Gasteiger partial charge in [0.15, 0.2) is 5.82 Å². The summed E-state index contributed by atoms with van der Waals surface area (Å²) in [6.07, 6.45) is 1.65. The van der Waals surface area contributed by atoms with Crippen LogP contribution in [0.5, 0.6) is 0 Å². The first-order valence-corrected chi connectivity index (χ1v) is 6.92. The molecule has 0 amide bonds. The van der Waals surface area contributed by atoms with Crippen molar-refractivity contribution >= 4 is 37.7 Å². The van der Waals surface area contributed by atoms with E-state index in [0.29, 0.717) is 17.2 Å². The number of nitrogens with one attached hydrogen (secondary N) is 1. The zero-order valence-corrected chi connectivity index (χ0v) is 12.7. The van der Waals surface area contributed by atoms with Gasteiger partial charge in [-0.1, -0.05) is 15.9 Å². The number of anilines is 1. The summed E-state index contributed by atoms with van der Waals surface area (Å²) in [5, 5.41) is 3.11. The maximum atomic E-state index is 13.3. The fraction of sp³-hybridized carbons (Fsp3) is 0.167. The topological polar surface area (TPSA) is 37.8 Å². The van der Waals surface area contributed by atoms with Crippen LogP contribution in [0, 0.1) is 5.82 Å². The van der Waals surface area contributed by atoms with E-state index in [1.807, 2.05) is 6.92 Å². The zero-order chi connectivity index (χ0) is 13.1. The van der Waals surface area contributed by atoms with Crippen molar-refractivity contribution in [2.45, 2.75) is 6.92 Å². The molecule has 3 nitrogen and oxygen atoms in total. The van der Waals surface area contributed by atoms with Crippen molar-refractivity contribution in [2.75, 3.05) is 11.9 Å². The molecule has 0 saturated carbocycles. The molecule has 0 radical (unpaired) electrons. The number of rotatable bonds is 3. The van der Waals surface area contributed by atoms with Crippen molar-refractivity contribution in [3.05, 3.63) is 39.2 Å². The summed E-state index contributed by atoms with van der Waals surface area (Å²) in [6, 6.07) is 4.43. The molecule has 2 rings (SSSR count). The molecule has 0 bridgehead atoms. The van der Waals surface area contributed by atoms with Crippen LogP contribution in [0.3, 0.4) is 0 Å². The lowest BCUT2D eigenvalue weighted by atomic mass is 10.2. The highest BCUT2D eigenvalue weighted by molar-refractivity contribution is 9.11. The fourth-order valence-electron chi connectivity index (χ4n) is 1.46. The number of nitrogens with zero attached hydrogens (tertiary/aromatic N) is 2. The Hall–Kier alpha value is -1.01. The standard InChI is InChI=1S/C12H10Br2FN3/c1-2-16-12-10(14)6-17-11(18-12)8-5-7(15)3-4-9(8)13/h3-6H,2H2,1H3,(H,16,17,18). The summed E-state index contributed by atoms with van der Waals surface area (Å²) in [4.78, 5) is 8.57. The van der Waals surface area contributed by atoms with Crippen molar-refractivity contribution in [1.82, 2.24) is 9.97 Å². The molecule has 2 aromatic rings. The van der Waals surface area contributed by atoms with E-state index in [1.54, 1.807) is 12.3 Å². The maximum absolute atomic E-state index is 13.3. The molecule has 0 unspecified atom stereocenters. The van der Waals surface area contributed by atoms with E-state index in [9.17, 15) is 4.39 Å². The first-order valence-electron chi connectivity index (χ1n) is 5.33. The van der Waals surface area contributed by atoms with Crippen molar-refractivity contribution in [3.8, 4) is 11.4 Å². The summed E-state index contributed by atoms with van der Waals surface area (Å²) < 4.78 is 14.8.